The number of amides is 1. The molecule has 1 aromatic rings. The Morgan fingerprint density at radius 3 is 2.88 bits per heavy atom. The molecule has 4 nitrogen and oxygen atoms in total. The number of hydrogen-bond acceptors (Lipinski definition) is 3. The van der Waals surface area contributed by atoms with Gasteiger partial charge in [0, 0.05) is 25.5 Å². The van der Waals surface area contributed by atoms with E-state index in [4.69, 9.17) is 0 Å². The Kier molecular flexibility index (Phi) is 3.31. The van der Waals surface area contributed by atoms with E-state index < -0.39 is 0 Å². The van der Waals surface area contributed by atoms with Gasteiger partial charge < -0.3 is 10.6 Å². The summed E-state index contributed by atoms with van der Waals surface area (Å²) < 4.78 is 0. The van der Waals surface area contributed by atoms with Crippen molar-refractivity contribution in [1.29, 1.82) is 0 Å². The van der Waals surface area contributed by atoms with Crippen molar-refractivity contribution in [1.82, 2.24) is 10.3 Å². The van der Waals surface area contributed by atoms with Crippen molar-refractivity contribution in [2.45, 2.75) is 26.2 Å². The summed E-state index contributed by atoms with van der Waals surface area (Å²) in [5.41, 5.74) is 1.92. The monoisotopic (exact) mass is 233 g/mol. The van der Waals surface area contributed by atoms with Crippen LogP contribution in [0.1, 0.15) is 36.7 Å². The molecule has 0 aromatic carbocycles. The van der Waals surface area contributed by atoms with Crippen LogP contribution in [0.5, 0.6) is 0 Å². The maximum atomic E-state index is 11.4. The molecule has 2 N–H and O–H groups in total. The van der Waals surface area contributed by atoms with Gasteiger partial charge in [-0.15, -0.1) is 0 Å². The Hall–Kier alpha value is -1.58. The minimum atomic E-state index is -0.148. The normalized spacial score (nSPS) is 16.4. The van der Waals surface area contributed by atoms with Crippen LogP contribution in [0, 0.1) is 5.41 Å². The molecule has 1 aromatic heterocycles. The molecule has 0 atom stereocenters. The number of carbonyl (C=O) groups is 1. The first-order chi connectivity index (χ1) is 8.19. The molecule has 17 heavy (non-hydrogen) atoms. The van der Waals surface area contributed by atoms with E-state index in [1.54, 1.807) is 19.3 Å². The number of pyridine rings is 1. The Bertz CT molecular complexity index is 413. The molecule has 0 radical (unpaired) electrons. The SMILES string of the molecule is CCC1(CNc2ccnc(C(=O)NC)c2)CC1. The van der Waals surface area contributed by atoms with Crippen molar-refractivity contribution in [3.8, 4) is 0 Å². The Labute approximate surface area is 102 Å². The van der Waals surface area contributed by atoms with E-state index in [0.717, 1.165) is 12.2 Å². The van der Waals surface area contributed by atoms with Crippen molar-refractivity contribution in [2.24, 2.45) is 5.41 Å². The zero-order valence-electron chi connectivity index (χ0n) is 10.4. The molecule has 1 aliphatic rings. The third-order valence-electron chi connectivity index (χ3n) is 3.59. The fourth-order valence-electron chi connectivity index (χ4n) is 1.91. The van der Waals surface area contributed by atoms with Crippen LogP contribution in [0.2, 0.25) is 0 Å². The average Bonchev–Trinajstić information content (AvgIpc) is 3.16. The lowest BCUT2D eigenvalue weighted by molar-refractivity contribution is 0.0958. The third-order valence-corrected chi connectivity index (χ3v) is 3.59. The third kappa shape index (κ3) is 2.75. The lowest BCUT2D eigenvalue weighted by atomic mass is 10.0. The summed E-state index contributed by atoms with van der Waals surface area (Å²) in [7, 11) is 1.61. The second-order valence-corrected chi connectivity index (χ2v) is 4.72. The van der Waals surface area contributed by atoms with Gasteiger partial charge in [0.1, 0.15) is 5.69 Å². The Morgan fingerprint density at radius 2 is 2.29 bits per heavy atom. The fourth-order valence-corrected chi connectivity index (χ4v) is 1.91. The van der Waals surface area contributed by atoms with Gasteiger partial charge in [-0.1, -0.05) is 6.92 Å². The maximum Gasteiger partial charge on any atom is 0.269 e. The number of carbonyl (C=O) groups excluding carboxylic acids is 1. The van der Waals surface area contributed by atoms with E-state index in [-0.39, 0.29) is 5.91 Å². The highest BCUT2D eigenvalue weighted by Gasteiger charge is 2.40. The number of nitrogens with zero attached hydrogens (tertiary/aromatic N) is 1. The van der Waals surface area contributed by atoms with E-state index in [9.17, 15) is 4.79 Å². The molecule has 2 rings (SSSR count). The minimum Gasteiger partial charge on any atom is -0.384 e. The largest absolute Gasteiger partial charge is 0.384 e. The number of hydrogen-bond donors (Lipinski definition) is 2. The summed E-state index contributed by atoms with van der Waals surface area (Å²) in [6.45, 7) is 3.22. The summed E-state index contributed by atoms with van der Waals surface area (Å²) in [6.07, 6.45) is 5.50. The summed E-state index contributed by atoms with van der Waals surface area (Å²) in [6, 6.07) is 3.70. The predicted octanol–water partition coefficient (Wildman–Crippen LogP) is 2.04. The van der Waals surface area contributed by atoms with Crippen molar-refractivity contribution in [2.75, 3.05) is 18.9 Å². The van der Waals surface area contributed by atoms with E-state index in [2.05, 4.69) is 22.5 Å². The molecular weight excluding hydrogens is 214 g/mol. The number of rotatable bonds is 5. The van der Waals surface area contributed by atoms with Crippen LogP contribution >= 0.6 is 0 Å². The van der Waals surface area contributed by atoms with Gasteiger partial charge >= 0.3 is 0 Å². The lowest BCUT2D eigenvalue weighted by Crippen LogP contribution is -2.20. The molecular formula is C13H19N3O. The van der Waals surface area contributed by atoms with Gasteiger partial charge in [-0.2, -0.15) is 0 Å². The molecule has 4 heteroatoms. The van der Waals surface area contributed by atoms with Crippen molar-refractivity contribution in [3.63, 3.8) is 0 Å². The predicted molar refractivity (Wildman–Crippen MR) is 68.1 cm³/mol. The first kappa shape index (κ1) is 11.9. The van der Waals surface area contributed by atoms with Gasteiger partial charge in [0.15, 0.2) is 0 Å². The smallest absolute Gasteiger partial charge is 0.269 e. The van der Waals surface area contributed by atoms with Crippen LogP contribution in [-0.4, -0.2) is 24.5 Å². The average molecular weight is 233 g/mol. The van der Waals surface area contributed by atoms with Crippen LogP contribution in [0.3, 0.4) is 0 Å². The summed E-state index contributed by atoms with van der Waals surface area (Å²) in [5.74, 6) is -0.148. The second kappa shape index (κ2) is 4.73. The summed E-state index contributed by atoms with van der Waals surface area (Å²) in [5, 5.41) is 5.97. The van der Waals surface area contributed by atoms with E-state index in [1.807, 2.05) is 6.07 Å². The first-order valence-corrected chi connectivity index (χ1v) is 6.11. The summed E-state index contributed by atoms with van der Waals surface area (Å²) >= 11 is 0. The van der Waals surface area contributed by atoms with E-state index >= 15 is 0 Å². The van der Waals surface area contributed by atoms with Crippen molar-refractivity contribution >= 4 is 11.6 Å². The number of anilines is 1. The van der Waals surface area contributed by atoms with Gasteiger partial charge in [0.25, 0.3) is 5.91 Å². The Balaban J connectivity index is 1.99. The molecule has 0 bridgehead atoms. The number of nitrogens with one attached hydrogen (secondary N) is 2. The Morgan fingerprint density at radius 1 is 1.53 bits per heavy atom. The standard InChI is InChI=1S/C13H19N3O/c1-3-13(5-6-13)9-16-10-4-7-15-11(8-10)12(17)14-2/h4,7-8H,3,5-6,9H2,1-2H3,(H,14,17)(H,15,16). The second-order valence-electron chi connectivity index (χ2n) is 4.72. The molecule has 1 heterocycles. The molecule has 0 spiro atoms. The highest BCUT2D eigenvalue weighted by molar-refractivity contribution is 5.92. The molecule has 1 amide bonds. The van der Waals surface area contributed by atoms with Crippen LogP contribution < -0.4 is 10.6 Å². The zero-order valence-corrected chi connectivity index (χ0v) is 10.4. The highest BCUT2D eigenvalue weighted by Crippen LogP contribution is 2.48. The van der Waals surface area contributed by atoms with Crippen molar-refractivity contribution in [3.05, 3.63) is 24.0 Å². The lowest BCUT2D eigenvalue weighted by Gasteiger charge is -2.14. The maximum absolute atomic E-state index is 11.4. The molecule has 92 valence electrons. The molecule has 1 saturated carbocycles. The van der Waals surface area contributed by atoms with E-state index in [0.29, 0.717) is 11.1 Å². The van der Waals surface area contributed by atoms with Gasteiger partial charge in [-0.3, -0.25) is 9.78 Å². The van der Waals surface area contributed by atoms with Gasteiger partial charge in [-0.05, 0) is 36.8 Å². The van der Waals surface area contributed by atoms with E-state index in [1.165, 1.54) is 19.3 Å². The first-order valence-electron chi connectivity index (χ1n) is 6.11. The van der Waals surface area contributed by atoms with Crippen LogP contribution in [-0.2, 0) is 0 Å². The van der Waals surface area contributed by atoms with Gasteiger partial charge in [0.05, 0.1) is 0 Å². The van der Waals surface area contributed by atoms with Gasteiger partial charge in [0.2, 0.25) is 0 Å². The van der Waals surface area contributed by atoms with Gasteiger partial charge in [-0.25, -0.2) is 0 Å². The quantitative estimate of drug-likeness (QED) is 0.818. The molecule has 0 aliphatic heterocycles. The van der Waals surface area contributed by atoms with Crippen LogP contribution in [0.15, 0.2) is 18.3 Å². The fraction of sp³-hybridized carbons (Fsp3) is 0.538. The van der Waals surface area contributed by atoms with Crippen LogP contribution in [0.25, 0.3) is 0 Å². The number of aromatic nitrogens is 1. The molecule has 0 unspecified atom stereocenters. The molecule has 1 fully saturated rings. The highest BCUT2D eigenvalue weighted by atomic mass is 16.1. The minimum absolute atomic E-state index is 0.148. The molecule has 0 saturated heterocycles. The topological polar surface area (TPSA) is 54.0 Å². The zero-order chi connectivity index (χ0) is 12.3. The van der Waals surface area contributed by atoms with Crippen molar-refractivity contribution < 1.29 is 4.79 Å². The summed E-state index contributed by atoms with van der Waals surface area (Å²) in [4.78, 5) is 15.5. The van der Waals surface area contributed by atoms with Crippen LogP contribution in [0.4, 0.5) is 5.69 Å². The molecule has 1 aliphatic carbocycles.